The van der Waals surface area contributed by atoms with Gasteiger partial charge in [0.25, 0.3) is 0 Å². The SMILES string of the molecule is CCCCCCCCC=CCCCCCCCC(=O)[O-].CCCCCCCCC=CCCCCCCCC(=O)[O-].[Ca+2]. The van der Waals surface area contributed by atoms with Crippen LogP contribution in [0.25, 0.3) is 0 Å². The van der Waals surface area contributed by atoms with E-state index in [2.05, 4.69) is 38.2 Å². The van der Waals surface area contributed by atoms with Crippen LogP contribution in [0.5, 0.6) is 0 Å². The van der Waals surface area contributed by atoms with E-state index in [4.69, 9.17) is 0 Å². The first-order valence-corrected chi connectivity index (χ1v) is 17.2. The summed E-state index contributed by atoms with van der Waals surface area (Å²) in [5.74, 6) is -1.83. The fourth-order valence-electron chi connectivity index (χ4n) is 4.68. The molecule has 4 nitrogen and oxygen atoms in total. The van der Waals surface area contributed by atoms with Gasteiger partial charge < -0.3 is 19.8 Å². The predicted octanol–water partition coefficient (Wildman–Crippen LogP) is 9.17. The van der Waals surface area contributed by atoms with E-state index in [0.717, 1.165) is 38.5 Å². The molecule has 0 aromatic heterocycles. The maximum atomic E-state index is 10.2. The van der Waals surface area contributed by atoms with Crippen molar-refractivity contribution in [1.29, 1.82) is 0 Å². The number of hydrogen-bond acceptors (Lipinski definition) is 4. The minimum atomic E-state index is -0.914. The fourth-order valence-corrected chi connectivity index (χ4v) is 4.68. The largest absolute Gasteiger partial charge is 2.00 e. The number of aliphatic carboxylic acids is 2. The molecule has 0 radical (unpaired) electrons. The molecule has 0 rings (SSSR count). The molecule has 0 atom stereocenters. The molecule has 0 N–H and O–H groups in total. The number of carboxylic acid groups (broad SMARTS) is 2. The molecule has 0 unspecified atom stereocenters. The number of unbranched alkanes of at least 4 members (excludes halogenated alkanes) is 22. The number of rotatable bonds is 30. The molecule has 0 saturated carbocycles. The van der Waals surface area contributed by atoms with Crippen molar-refractivity contribution >= 4 is 49.7 Å². The second-order valence-corrected chi connectivity index (χ2v) is 11.4. The molecule has 0 aromatic carbocycles. The minimum Gasteiger partial charge on any atom is -0.550 e. The Morgan fingerprint density at radius 3 is 0.854 bits per heavy atom. The quantitative estimate of drug-likeness (QED) is 0.0466. The fraction of sp³-hybridized carbons (Fsp3) is 0.833. The van der Waals surface area contributed by atoms with Crippen LogP contribution in [-0.4, -0.2) is 49.7 Å². The summed E-state index contributed by atoms with van der Waals surface area (Å²) in [5.41, 5.74) is 0. The normalized spacial score (nSPS) is 11.0. The van der Waals surface area contributed by atoms with Gasteiger partial charge >= 0.3 is 37.7 Å². The summed E-state index contributed by atoms with van der Waals surface area (Å²) >= 11 is 0. The van der Waals surface area contributed by atoms with Gasteiger partial charge in [-0.15, -0.1) is 0 Å². The number of carboxylic acids is 2. The van der Waals surface area contributed by atoms with Gasteiger partial charge in [0, 0.05) is 11.9 Å². The molecule has 0 saturated heterocycles. The summed E-state index contributed by atoms with van der Waals surface area (Å²) in [6.07, 6.45) is 41.8. The maximum absolute atomic E-state index is 10.2. The topological polar surface area (TPSA) is 80.3 Å². The Kier molecular flexibility index (Phi) is 46.0. The van der Waals surface area contributed by atoms with Gasteiger partial charge in [-0.25, -0.2) is 0 Å². The zero-order chi connectivity index (χ0) is 29.8. The van der Waals surface area contributed by atoms with Crippen LogP contribution in [0.2, 0.25) is 0 Å². The first-order valence-electron chi connectivity index (χ1n) is 17.2. The van der Waals surface area contributed by atoms with Crippen molar-refractivity contribution in [3.63, 3.8) is 0 Å². The summed E-state index contributed by atoms with van der Waals surface area (Å²) in [5, 5.41) is 20.4. The Labute approximate surface area is 285 Å². The van der Waals surface area contributed by atoms with E-state index in [1.807, 2.05) is 0 Å². The van der Waals surface area contributed by atoms with Crippen LogP contribution in [0.4, 0.5) is 0 Å². The third kappa shape index (κ3) is 49.7. The average molecular weight is 603 g/mol. The number of carbonyl (C=O) groups is 2. The molecule has 0 fully saturated rings. The summed E-state index contributed by atoms with van der Waals surface area (Å²) in [7, 11) is 0. The Balaban J connectivity index is -0.000000688. The predicted molar refractivity (Wildman–Crippen MR) is 175 cm³/mol. The third-order valence-electron chi connectivity index (χ3n) is 7.29. The molecule has 0 aliphatic rings. The van der Waals surface area contributed by atoms with Gasteiger partial charge in [-0.1, -0.05) is 141 Å². The molecule has 0 bridgehead atoms. The first-order chi connectivity index (χ1) is 19.5. The van der Waals surface area contributed by atoms with Crippen LogP contribution in [0.15, 0.2) is 24.3 Å². The molecule has 0 aliphatic carbocycles. The second-order valence-electron chi connectivity index (χ2n) is 11.4. The number of carbonyl (C=O) groups excluding carboxylic acids is 2. The number of allylic oxidation sites excluding steroid dienone is 4. The molecule has 41 heavy (non-hydrogen) atoms. The van der Waals surface area contributed by atoms with Crippen molar-refractivity contribution < 1.29 is 19.8 Å². The van der Waals surface area contributed by atoms with Gasteiger partial charge in [0.2, 0.25) is 0 Å². The van der Waals surface area contributed by atoms with Crippen molar-refractivity contribution in [2.24, 2.45) is 0 Å². The Morgan fingerprint density at radius 1 is 0.390 bits per heavy atom. The van der Waals surface area contributed by atoms with Gasteiger partial charge in [0.05, 0.1) is 0 Å². The zero-order valence-corrected chi connectivity index (χ0v) is 29.7. The van der Waals surface area contributed by atoms with E-state index in [9.17, 15) is 19.8 Å². The Hall–Kier alpha value is -0.320. The van der Waals surface area contributed by atoms with E-state index in [0.29, 0.717) is 0 Å². The van der Waals surface area contributed by atoms with Crippen LogP contribution in [0, 0.1) is 0 Å². The molecule has 0 aromatic rings. The molecule has 0 amide bonds. The third-order valence-corrected chi connectivity index (χ3v) is 7.29. The molecule has 5 heteroatoms. The average Bonchev–Trinajstić information content (AvgIpc) is 2.93. The van der Waals surface area contributed by atoms with Gasteiger partial charge in [-0.3, -0.25) is 0 Å². The van der Waals surface area contributed by atoms with E-state index >= 15 is 0 Å². The van der Waals surface area contributed by atoms with E-state index in [1.54, 1.807) is 0 Å². The maximum Gasteiger partial charge on any atom is 2.00 e. The second kappa shape index (κ2) is 41.8. The van der Waals surface area contributed by atoms with Gasteiger partial charge in [-0.2, -0.15) is 0 Å². The smallest absolute Gasteiger partial charge is 0.550 e. The summed E-state index contributed by atoms with van der Waals surface area (Å²) < 4.78 is 0. The van der Waals surface area contributed by atoms with Crippen molar-refractivity contribution in [2.75, 3.05) is 0 Å². The van der Waals surface area contributed by atoms with Crippen molar-refractivity contribution in [1.82, 2.24) is 0 Å². The van der Waals surface area contributed by atoms with Gasteiger partial charge in [-0.05, 0) is 77.0 Å². The Bertz CT molecular complexity index is 524. The van der Waals surface area contributed by atoms with E-state index in [-0.39, 0.29) is 50.6 Å². The van der Waals surface area contributed by atoms with Crippen LogP contribution in [0.1, 0.15) is 194 Å². The molecule has 0 aliphatic heterocycles. The Morgan fingerprint density at radius 2 is 0.610 bits per heavy atom. The van der Waals surface area contributed by atoms with Crippen LogP contribution in [0.3, 0.4) is 0 Å². The van der Waals surface area contributed by atoms with E-state index < -0.39 is 11.9 Å². The molecule has 0 heterocycles. The molecule has 236 valence electrons. The summed E-state index contributed by atoms with van der Waals surface area (Å²) in [4.78, 5) is 20.4. The minimum absolute atomic E-state index is 0. The zero-order valence-electron chi connectivity index (χ0n) is 27.4. The molecular formula is C36H66CaO4. The monoisotopic (exact) mass is 602 g/mol. The van der Waals surface area contributed by atoms with Crippen molar-refractivity contribution in [3.8, 4) is 0 Å². The van der Waals surface area contributed by atoms with Crippen LogP contribution < -0.4 is 10.2 Å². The first kappa shape index (κ1) is 45.1. The van der Waals surface area contributed by atoms with Crippen LogP contribution in [-0.2, 0) is 9.59 Å². The van der Waals surface area contributed by atoms with Crippen molar-refractivity contribution in [3.05, 3.63) is 24.3 Å². The van der Waals surface area contributed by atoms with Gasteiger partial charge in [0.15, 0.2) is 0 Å². The van der Waals surface area contributed by atoms with Crippen LogP contribution >= 0.6 is 0 Å². The van der Waals surface area contributed by atoms with Gasteiger partial charge in [0.1, 0.15) is 0 Å². The summed E-state index contributed by atoms with van der Waals surface area (Å²) in [6, 6.07) is 0. The molecule has 0 spiro atoms. The number of hydrogen-bond donors (Lipinski definition) is 0. The summed E-state index contributed by atoms with van der Waals surface area (Å²) in [6.45, 7) is 4.51. The standard InChI is InChI=1S/2C18H34O2.Ca/c2*1-2-3-4-5-6-7-8-9-10-11-12-13-14-15-16-17-18(19)20;/h2*9-10H,2-8,11-17H2,1H3,(H,19,20);/q;;+2/p-2. The molecular weight excluding hydrogens is 536 g/mol. The van der Waals surface area contributed by atoms with E-state index in [1.165, 1.54) is 128 Å². The van der Waals surface area contributed by atoms with Crippen molar-refractivity contribution in [2.45, 2.75) is 194 Å².